The van der Waals surface area contributed by atoms with E-state index in [0.29, 0.717) is 0 Å². The number of hydrogen-bond donors (Lipinski definition) is 0. The summed E-state index contributed by atoms with van der Waals surface area (Å²) in [5.74, 6) is 4.58. The van der Waals surface area contributed by atoms with Crippen molar-refractivity contribution in [1.29, 1.82) is 0 Å². The molecule has 3 aliphatic carbocycles. The van der Waals surface area contributed by atoms with Crippen LogP contribution in [0.1, 0.15) is 84.0 Å². The zero-order valence-corrected chi connectivity index (χ0v) is 14.7. The van der Waals surface area contributed by atoms with Gasteiger partial charge in [0.1, 0.15) is 0 Å². The molecule has 0 aromatic heterocycles. The van der Waals surface area contributed by atoms with E-state index in [1.165, 1.54) is 51.4 Å². The van der Waals surface area contributed by atoms with Crippen LogP contribution in [0.25, 0.3) is 0 Å². The molecule has 0 aliphatic heterocycles. The number of alkyl halides is 2. The molecule has 0 amide bonds. The first-order valence-corrected chi connectivity index (χ1v) is 10.1. The normalized spacial score (nSPS) is 42.8. The van der Waals surface area contributed by atoms with Crippen LogP contribution in [0.15, 0.2) is 0 Å². The first kappa shape index (κ1) is 17.6. The summed E-state index contributed by atoms with van der Waals surface area (Å²) in [4.78, 5) is 0. The van der Waals surface area contributed by atoms with Gasteiger partial charge in [0.15, 0.2) is 0 Å². The minimum absolute atomic E-state index is 0.188. The average Bonchev–Trinajstić information content (AvgIpc) is 2.56. The van der Waals surface area contributed by atoms with Crippen molar-refractivity contribution in [2.24, 2.45) is 29.6 Å². The molecule has 0 N–H and O–H groups in total. The largest absolute Gasteiger partial charge is 0.345 e. The van der Waals surface area contributed by atoms with E-state index < -0.39 is 6.61 Å². The molecule has 23 heavy (non-hydrogen) atoms. The maximum atomic E-state index is 12.3. The SMILES string of the molecule is CC1CCC(C2CCC(C3CCC(OC(F)F)CC3)CC2)CC1. The molecule has 0 heterocycles. The summed E-state index contributed by atoms with van der Waals surface area (Å²) in [6.07, 6.45) is 15.2. The molecule has 0 aromatic rings. The predicted molar refractivity (Wildman–Crippen MR) is 89.4 cm³/mol. The number of hydrogen-bond acceptors (Lipinski definition) is 1. The molecule has 0 aromatic carbocycles. The highest BCUT2D eigenvalue weighted by Gasteiger charge is 2.34. The quantitative estimate of drug-likeness (QED) is 0.579. The van der Waals surface area contributed by atoms with Gasteiger partial charge in [-0.2, -0.15) is 8.78 Å². The highest BCUT2D eigenvalue weighted by Crippen LogP contribution is 2.45. The second-order valence-electron chi connectivity index (χ2n) is 8.63. The van der Waals surface area contributed by atoms with Gasteiger partial charge in [-0.05, 0) is 93.8 Å². The Balaban J connectivity index is 1.38. The van der Waals surface area contributed by atoms with Gasteiger partial charge in [-0.3, -0.25) is 0 Å². The van der Waals surface area contributed by atoms with Gasteiger partial charge in [0.2, 0.25) is 0 Å². The Morgan fingerprint density at radius 2 is 0.957 bits per heavy atom. The number of rotatable bonds is 4. The third kappa shape index (κ3) is 4.90. The Morgan fingerprint density at radius 1 is 0.609 bits per heavy atom. The lowest BCUT2D eigenvalue weighted by Gasteiger charge is -2.41. The van der Waals surface area contributed by atoms with Crippen molar-refractivity contribution in [3.05, 3.63) is 0 Å². The summed E-state index contributed by atoms with van der Waals surface area (Å²) in [6, 6.07) is 0. The monoisotopic (exact) mass is 328 g/mol. The summed E-state index contributed by atoms with van der Waals surface area (Å²) in [6.45, 7) is -0.188. The molecule has 1 nitrogen and oxygen atoms in total. The zero-order chi connectivity index (χ0) is 16.2. The van der Waals surface area contributed by atoms with Crippen LogP contribution in [0.2, 0.25) is 0 Å². The maximum absolute atomic E-state index is 12.3. The predicted octanol–water partition coefficient (Wildman–Crippen LogP) is 6.42. The van der Waals surface area contributed by atoms with Gasteiger partial charge >= 0.3 is 6.61 Å². The van der Waals surface area contributed by atoms with E-state index in [0.717, 1.165) is 55.3 Å². The highest BCUT2D eigenvalue weighted by molar-refractivity contribution is 4.85. The van der Waals surface area contributed by atoms with Crippen molar-refractivity contribution in [1.82, 2.24) is 0 Å². The fraction of sp³-hybridized carbons (Fsp3) is 1.00. The van der Waals surface area contributed by atoms with Crippen molar-refractivity contribution in [3.63, 3.8) is 0 Å². The Morgan fingerprint density at radius 3 is 1.35 bits per heavy atom. The van der Waals surface area contributed by atoms with Gasteiger partial charge in [-0.15, -0.1) is 0 Å². The second-order valence-corrected chi connectivity index (χ2v) is 8.63. The second kappa shape index (κ2) is 8.27. The molecule has 0 unspecified atom stereocenters. The van der Waals surface area contributed by atoms with Gasteiger partial charge in [0, 0.05) is 0 Å². The van der Waals surface area contributed by atoms with Gasteiger partial charge in [0.05, 0.1) is 6.10 Å². The topological polar surface area (TPSA) is 9.23 Å². The molecule has 0 radical (unpaired) electrons. The molecule has 134 valence electrons. The van der Waals surface area contributed by atoms with E-state index >= 15 is 0 Å². The lowest BCUT2D eigenvalue weighted by Crippen LogP contribution is -2.31. The van der Waals surface area contributed by atoms with E-state index in [4.69, 9.17) is 4.74 Å². The van der Waals surface area contributed by atoms with Crippen LogP contribution >= 0.6 is 0 Å². The molecule has 3 fully saturated rings. The molecule has 0 bridgehead atoms. The third-order valence-corrected chi connectivity index (χ3v) is 7.22. The minimum atomic E-state index is -2.59. The van der Waals surface area contributed by atoms with E-state index in [2.05, 4.69) is 6.92 Å². The highest BCUT2D eigenvalue weighted by atomic mass is 19.3. The van der Waals surface area contributed by atoms with E-state index in [-0.39, 0.29) is 6.10 Å². The van der Waals surface area contributed by atoms with Crippen molar-refractivity contribution >= 4 is 0 Å². The van der Waals surface area contributed by atoms with Crippen LogP contribution in [-0.4, -0.2) is 12.7 Å². The lowest BCUT2D eigenvalue weighted by molar-refractivity contribution is -0.172. The van der Waals surface area contributed by atoms with Gasteiger partial charge in [0.25, 0.3) is 0 Å². The molecule has 3 heteroatoms. The molecule has 0 atom stereocenters. The fourth-order valence-electron chi connectivity index (χ4n) is 5.69. The van der Waals surface area contributed by atoms with Gasteiger partial charge in [-0.25, -0.2) is 0 Å². The van der Waals surface area contributed by atoms with E-state index in [1.807, 2.05) is 0 Å². The van der Waals surface area contributed by atoms with Crippen LogP contribution in [0, 0.1) is 29.6 Å². The maximum Gasteiger partial charge on any atom is 0.345 e. The first-order valence-electron chi connectivity index (χ1n) is 10.1. The smallest absolute Gasteiger partial charge is 0.320 e. The van der Waals surface area contributed by atoms with Gasteiger partial charge < -0.3 is 4.74 Å². The lowest BCUT2D eigenvalue weighted by atomic mass is 9.65. The van der Waals surface area contributed by atoms with E-state index in [1.54, 1.807) is 0 Å². The standard InChI is InChI=1S/C20H34F2O/c1-14-2-4-15(5-3-14)16-6-8-17(9-7-16)18-10-12-19(13-11-18)23-20(21)22/h14-20H,2-13H2,1H3. The minimum Gasteiger partial charge on any atom is -0.320 e. The summed E-state index contributed by atoms with van der Waals surface area (Å²) >= 11 is 0. The Labute approximate surface area is 140 Å². The zero-order valence-electron chi connectivity index (χ0n) is 14.7. The molecular formula is C20H34F2O. The van der Waals surface area contributed by atoms with E-state index in [9.17, 15) is 8.78 Å². The van der Waals surface area contributed by atoms with Crippen LogP contribution in [0.4, 0.5) is 8.78 Å². The Kier molecular flexibility index (Phi) is 6.34. The average molecular weight is 328 g/mol. The summed E-state index contributed by atoms with van der Waals surface area (Å²) in [5.41, 5.74) is 0. The van der Waals surface area contributed by atoms with Crippen molar-refractivity contribution in [3.8, 4) is 0 Å². The van der Waals surface area contributed by atoms with Crippen LogP contribution in [-0.2, 0) is 4.74 Å². The van der Waals surface area contributed by atoms with Gasteiger partial charge in [-0.1, -0.05) is 19.8 Å². The molecule has 3 saturated carbocycles. The fourth-order valence-corrected chi connectivity index (χ4v) is 5.69. The molecule has 3 rings (SSSR count). The van der Waals surface area contributed by atoms with Crippen molar-refractivity contribution in [2.75, 3.05) is 0 Å². The molecular weight excluding hydrogens is 294 g/mol. The summed E-state index contributed by atoms with van der Waals surface area (Å²) in [7, 11) is 0. The number of halogens is 2. The molecule has 0 saturated heterocycles. The summed E-state index contributed by atoms with van der Waals surface area (Å²) in [5, 5.41) is 0. The first-order chi connectivity index (χ1) is 11.1. The molecule has 0 spiro atoms. The van der Waals surface area contributed by atoms with Crippen LogP contribution in [0.5, 0.6) is 0 Å². The van der Waals surface area contributed by atoms with Crippen LogP contribution < -0.4 is 0 Å². The van der Waals surface area contributed by atoms with Crippen molar-refractivity contribution < 1.29 is 13.5 Å². The Bertz CT molecular complexity index is 336. The third-order valence-electron chi connectivity index (χ3n) is 7.22. The summed E-state index contributed by atoms with van der Waals surface area (Å²) < 4.78 is 29.3. The number of ether oxygens (including phenoxy) is 1. The molecule has 3 aliphatic rings. The van der Waals surface area contributed by atoms with Crippen LogP contribution in [0.3, 0.4) is 0 Å². The Hall–Kier alpha value is -0.180. The van der Waals surface area contributed by atoms with Crippen molar-refractivity contribution in [2.45, 2.75) is 96.7 Å².